The number of hydrogen-bond donors (Lipinski definition) is 3. The lowest BCUT2D eigenvalue weighted by Gasteiger charge is -2.15. The summed E-state index contributed by atoms with van der Waals surface area (Å²) in [6.07, 6.45) is -0.600. The van der Waals surface area contributed by atoms with Crippen molar-refractivity contribution in [2.24, 2.45) is 10.7 Å². The summed E-state index contributed by atoms with van der Waals surface area (Å²) in [5, 5.41) is 8.36. The molecule has 26 heavy (non-hydrogen) atoms. The van der Waals surface area contributed by atoms with Crippen LogP contribution in [0.2, 0.25) is 0 Å². The number of pyridine rings is 1. The first-order valence-corrected chi connectivity index (χ1v) is 8.01. The van der Waals surface area contributed by atoms with Gasteiger partial charge in [-0.15, -0.1) is 0 Å². The van der Waals surface area contributed by atoms with Gasteiger partial charge >= 0.3 is 6.18 Å². The number of halogens is 3. The molecule has 0 saturated heterocycles. The van der Waals surface area contributed by atoms with Crippen molar-refractivity contribution in [1.82, 2.24) is 4.98 Å². The summed E-state index contributed by atoms with van der Waals surface area (Å²) in [5.41, 5.74) is 12.2. The SMILES string of the molecule is CN=CC(=C(N)C(F)(F)F)c1cc(C2CC2)c2c(C=N)c(N)ccc2n1. The van der Waals surface area contributed by atoms with E-state index in [2.05, 4.69) is 9.98 Å². The molecule has 0 bridgehead atoms. The van der Waals surface area contributed by atoms with Crippen molar-refractivity contribution >= 4 is 34.6 Å². The number of nitrogens with two attached hydrogens (primary N) is 2. The van der Waals surface area contributed by atoms with Gasteiger partial charge in [0, 0.05) is 41.7 Å². The van der Waals surface area contributed by atoms with Crippen molar-refractivity contribution < 1.29 is 13.2 Å². The standard InChI is InChI=1S/C18H18F3N5/c1-25-8-12(17(24)18(19,20)21)15-6-10(9-2-3-9)16-11(7-22)13(23)4-5-14(16)26-15/h4-9,22H,2-3,23-24H2,1H3. The van der Waals surface area contributed by atoms with Crippen LogP contribution in [0.3, 0.4) is 0 Å². The summed E-state index contributed by atoms with van der Waals surface area (Å²) in [7, 11) is 1.38. The van der Waals surface area contributed by atoms with Gasteiger partial charge in [0.05, 0.1) is 11.2 Å². The third kappa shape index (κ3) is 3.14. The number of rotatable bonds is 4. The number of anilines is 1. The first-order valence-electron chi connectivity index (χ1n) is 8.01. The van der Waals surface area contributed by atoms with Crippen molar-refractivity contribution in [2.75, 3.05) is 12.8 Å². The number of allylic oxidation sites excluding steroid dienone is 2. The number of benzene rings is 1. The highest BCUT2D eigenvalue weighted by Crippen LogP contribution is 2.45. The Balaban J connectivity index is 2.35. The van der Waals surface area contributed by atoms with Gasteiger partial charge < -0.3 is 16.9 Å². The van der Waals surface area contributed by atoms with Crippen LogP contribution in [0.15, 0.2) is 28.9 Å². The second-order valence-corrected chi connectivity index (χ2v) is 6.19. The first kappa shape index (κ1) is 17.9. The van der Waals surface area contributed by atoms with E-state index in [0.29, 0.717) is 22.2 Å². The van der Waals surface area contributed by atoms with Gasteiger partial charge in [-0.2, -0.15) is 13.2 Å². The average molecular weight is 361 g/mol. The highest BCUT2D eigenvalue weighted by atomic mass is 19.4. The molecule has 0 atom stereocenters. The lowest BCUT2D eigenvalue weighted by atomic mass is 9.96. The van der Waals surface area contributed by atoms with Crippen LogP contribution in [0, 0.1) is 5.41 Å². The molecule has 1 aliphatic carbocycles. The van der Waals surface area contributed by atoms with Gasteiger partial charge in [0.1, 0.15) is 5.70 Å². The van der Waals surface area contributed by atoms with Gasteiger partial charge in [0.15, 0.2) is 0 Å². The van der Waals surface area contributed by atoms with E-state index in [1.165, 1.54) is 7.05 Å². The Bertz CT molecular complexity index is 940. The summed E-state index contributed by atoms with van der Waals surface area (Å²) in [6, 6.07) is 4.86. The molecule has 2 aromatic rings. The number of nitrogens with zero attached hydrogens (tertiary/aromatic N) is 2. The molecule has 136 valence electrons. The fourth-order valence-electron chi connectivity index (χ4n) is 2.97. The number of nitrogens with one attached hydrogen (secondary N) is 1. The molecule has 0 aliphatic heterocycles. The van der Waals surface area contributed by atoms with Gasteiger partial charge in [-0.1, -0.05) is 0 Å². The Labute approximate surface area is 148 Å². The van der Waals surface area contributed by atoms with E-state index in [4.69, 9.17) is 16.9 Å². The summed E-state index contributed by atoms with van der Waals surface area (Å²) < 4.78 is 39.4. The minimum absolute atomic E-state index is 0.112. The fourth-order valence-corrected chi connectivity index (χ4v) is 2.97. The molecule has 0 amide bonds. The Morgan fingerprint density at radius 2 is 2.04 bits per heavy atom. The van der Waals surface area contributed by atoms with Crippen LogP contribution in [0.1, 0.15) is 35.6 Å². The smallest absolute Gasteiger partial charge is 0.398 e. The second-order valence-electron chi connectivity index (χ2n) is 6.19. The van der Waals surface area contributed by atoms with Crippen LogP contribution in [-0.4, -0.2) is 30.6 Å². The average Bonchev–Trinajstić information content (AvgIpc) is 3.42. The molecule has 3 rings (SSSR count). The minimum atomic E-state index is -4.69. The highest BCUT2D eigenvalue weighted by Gasteiger charge is 2.35. The predicted octanol–water partition coefficient (Wildman–Crippen LogP) is 3.62. The van der Waals surface area contributed by atoms with Crippen molar-refractivity contribution in [3.8, 4) is 0 Å². The lowest BCUT2D eigenvalue weighted by Crippen LogP contribution is -2.22. The Morgan fingerprint density at radius 3 is 2.58 bits per heavy atom. The number of fused-ring (bicyclic) bond motifs is 1. The normalized spacial score (nSPS) is 16.2. The summed E-state index contributed by atoms with van der Waals surface area (Å²) >= 11 is 0. The van der Waals surface area contributed by atoms with Crippen LogP contribution in [-0.2, 0) is 0 Å². The monoisotopic (exact) mass is 361 g/mol. The Kier molecular flexibility index (Phi) is 4.43. The molecule has 1 heterocycles. The molecule has 1 aliphatic rings. The minimum Gasteiger partial charge on any atom is -0.398 e. The molecule has 8 heteroatoms. The molecule has 1 aromatic carbocycles. The molecule has 0 unspecified atom stereocenters. The van der Waals surface area contributed by atoms with E-state index in [9.17, 15) is 13.2 Å². The maximum absolute atomic E-state index is 13.1. The maximum atomic E-state index is 13.1. The largest absolute Gasteiger partial charge is 0.431 e. The number of nitrogen functional groups attached to an aromatic ring is 1. The molecule has 0 spiro atoms. The van der Waals surface area contributed by atoms with Gasteiger partial charge in [-0.05, 0) is 42.5 Å². The van der Waals surface area contributed by atoms with Crippen LogP contribution < -0.4 is 11.5 Å². The zero-order chi connectivity index (χ0) is 19.1. The number of aliphatic imine (C=N–C) groups is 1. The van der Waals surface area contributed by atoms with Gasteiger partial charge in [-0.3, -0.25) is 4.99 Å². The van der Waals surface area contributed by atoms with Gasteiger partial charge in [0.25, 0.3) is 0 Å². The predicted molar refractivity (Wildman–Crippen MR) is 97.6 cm³/mol. The van der Waals surface area contributed by atoms with Crippen molar-refractivity contribution in [1.29, 1.82) is 5.41 Å². The number of aromatic nitrogens is 1. The molecule has 5 N–H and O–H groups in total. The van der Waals surface area contributed by atoms with Gasteiger partial charge in [-0.25, -0.2) is 4.98 Å². The molecule has 1 aromatic heterocycles. The van der Waals surface area contributed by atoms with E-state index >= 15 is 0 Å². The second kappa shape index (κ2) is 6.44. The third-order valence-corrected chi connectivity index (χ3v) is 4.37. The Morgan fingerprint density at radius 1 is 1.35 bits per heavy atom. The summed E-state index contributed by atoms with van der Waals surface area (Å²) in [4.78, 5) is 8.07. The maximum Gasteiger partial charge on any atom is 0.431 e. The van der Waals surface area contributed by atoms with Crippen molar-refractivity contribution in [3.05, 3.63) is 40.7 Å². The quantitative estimate of drug-likeness (QED) is 0.572. The van der Waals surface area contributed by atoms with Crippen LogP contribution in [0.4, 0.5) is 18.9 Å². The zero-order valence-electron chi connectivity index (χ0n) is 14.1. The molecule has 1 saturated carbocycles. The molecular weight excluding hydrogens is 343 g/mol. The van der Waals surface area contributed by atoms with Crippen LogP contribution in [0.5, 0.6) is 0 Å². The first-order chi connectivity index (χ1) is 12.3. The molecule has 5 nitrogen and oxygen atoms in total. The molecular formula is C18H18F3N5. The van der Waals surface area contributed by atoms with E-state index in [1.54, 1.807) is 18.2 Å². The van der Waals surface area contributed by atoms with Crippen molar-refractivity contribution in [2.45, 2.75) is 24.9 Å². The zero-order valence-corrected chi connectivity index (χ0v) is 14.1. The molecule has 0 radical (unpaired) electrons. The highest BCUT2D eigenvalue weighted by molar-refractivity contribution is 6.12. The summed E-state index contributed by atoms with van der Waals surface area (Å²) in [6.45, 7) is 0. The van der Waals surface area contributed by atoms with Crippen molar-refractivity contribution in [3.63, 3.8) is 0 Å². The van der Waals surface area contributed by atoms with E-state index in [1.807, 2.05) is 0 Å². The lowest BCUT2D eigenvalue weighted by molar-refractivity contribution is -0.0918. The molecule has 1 fully saturated rings. The van der Waals surface area contributed by atoms with Crippen LogP contribution in [0.25, 0.3) is 16.5 Å². The summed E-state index contributed by atoms with van der Waals surface area (Å²) in [5.74, 6) is 0.215. The van der Waals surface area contributed by atoms with E-state index < -0.39 is 11.9 Å². The van der Waals surface area contributed by atoms with E-state index in [-0.39, 0.29) is 17.2 Å². The number of alkyl halides is 3. The van der Waals surface area contributed by atoms with E-state index in [0.717, 1.165) is 30.8 Å². The topological polar surface area (TPSA) is 101 Å². The third-order valence-electron chi connectivity index (χ3n) is 4.37. The Hall–Kier alpha value is -2.90. The van der Waals surface area contributed by atoms with Crippen LogP contribution >= 0.6 is 0 Å². The van der Waals surface area contributed by atoms with Gasteiger partial charge in [0.2, 0.25) is 0 Å². The fraction of sp³-hybridized carbons (Fsp3) is 0.278. The number of hydrogen-bond acceptors (Lipinski definition) is 5.